The number of amides is 2. The molecule has 1 heterocycles. The average Bonchev–Trinajstić information content (AvgIpc) is 2.85. The molecule has 5 nitrogen and oxygen atoms in total. The molecule has 0 aliphatic rings. The first kappa shape index (κ1) is 14.8. The Morgan fingerprint density at radius 3 is 2.76 bits per heavy atom. The van der Waals surface area contributed by atoms with E-state index < -0.39 is 0 Å². The summed E-state index contributed by atoms with van der Waals surface area (Å²) < 4.78 is 5.55. The van der Waals surface area contributed by atoms with E-state index in [0.717, 1.165) is 11.0 Å². The molecule has 0 unspecified atom stereocenters. The summed E-state index contributed by atoms with van der Waals surface area (Å²) in [5.41, 5.74) is 0.772. The normalized spacial score (nSPS) is 11.2. The third-order valence-corrected chi connectivity index (χ3v) is 2.72. The number of rotatable bonds is 5. The Morgan fingerprint density at radius 2 is 2.05 bits per heavy atom. The summed E-state index contributed by atoms with van der Waals surface area (Å²) >= 11 is 0. The fraction of sp³-hybridized carbons (Fsp3) is 0.250. The van der Waals surface area contributed by atoms with Gasteiger partial charge >= 0.3 is 0 Å². The number of nitrogens with one attached hydrogen (secondary N) is 2. The number of hydrogen-bond acceptors (Lipinski definition) is 3. The van der Waals surface area contributed by atoms with Crippen molar-refractivity contribution in [1.29, 1.82) is 0 Å². The number of furan rings is 1. The first-order valence-corrected chi connectivity index (χ1v) is 6.78. The van der Waals surface area contributed by atoms with Gasteiger partial charge in [-0.15, -0.1) is 0 Å². The first-order chi connectivity index (χ1) is 10.0. The van der Waals surface area contributed by atoms with Crippen molar-refractivity contribution in [2.75, 3.05) is 6.54 Å². The fourth-order valence-electron chi connectivity index (χ4n) is 1.84. The van der Waals surface area contributed by atoms with Crippen LogP contribution in [0.1, 0.15) is 19.6 Å². The van der Waals surface area contributed by atoms with Gasteiger partial charge in [0.05, 0.1) is 6.54 Å². The van der Waals surface area contributed by atoms with Gasteiger partial charge in [0, 0.05) is 17.5 Å². The zero-order valence-electron chi connectivity index (χ0n) is 12.1. The van der Waals surface area contributed by atoms with Crippen molar-refractivity contribution in [3.63, 3.8) is 0 Å². The van der Waals surface area contributed by atoms with Crippen LogP contribution in [-0.2, 0) is 9.59 Å². The Bertz CT molecular complexity index is 638. The lowest BCUT2D eigenvalue weighted by atomic mass is 10.2. The van der Waals surface area contributed by atoms with Crippen LogP contribution in [0.5, 0.6) is 0 Å². The van der Waals surface area contributed by atoms with Crippen molar-refractivity contribution in [2.45, 2.75) is 19.9 Å². The van der Waals surface area contributed by atoms with Gasteiger partial charge in [0.15, 0.2) is 0 Å². The molecule has 0 saturated heterocycles. The second kappa shape index (κ2) is 6.74. The highest BCUT2D eigenvalue weighted by Gasteiger charge is 2.05. The summed E-state index contributed by atoms with van der Waals surface area (Å²) in [5, 5.41) is 6.19. The van der Waals surface area contributed by atoms with Gasteiger partial charge in [0.1, 0.15) is 11.3 Å². The summed E-state index contributed by atoms with van der Waals surface area (Å²) in [4.78, 5) is 23.0. The Hall–Kier alpha value is -2.56. The molecule has 0 saturated carbocycles. The van der Waals surface area contributed by atoms with Gasteiger partial charge in [0.2, 0.25) is 11.8 Å². The smallest absolute Gasteiger partial charge is 0.244 e. The molecule has 110 valence electrons. The number of carbonyl (C=O) groups excluding carboxylic acids is 2. The Labute approximate surface area is 123 Å². The highest BCUT2D eigenvalue weighted by Crippen LogP contribution is 2.19. The van der Waals surface area contributed by atoms with Gasteiger partial charge in [-0.1, -0.05) is 18.2 Å². The molecule has 2 aromatic rings. The van der Waals surface area contributed by atoms with E-state index in [0.29, 0.717) is 5.76 Å². The summed E-state index contributed by atoms with van der Waals surface area (Å²) in [7, 11) is 0. The topological polar surface area (TPSA) is 71.3 Å². The lowest BCUT2D eigenvalue weighted by Gasteiger charge is -2.07. The van der Waals surface area contributed by atoms with Crippen molar-refractivity contribution in [3.8, 4) is 0 Å². The average molecular weight is 286 g/mol. The molecule has 0 radical (unpaired) electrons. The van der Waals surface area contributed by atoms with Crippen LogP contribution in [-0.4, -0.2) is 24.4 Å². The summed E-state index contributed by atoms with van der Waals surface area (Å²) in [5.74, 6) is 0.0443. The van der Waals surface area contributed by atoms with Crippen molar-refractivity contribution in [1.82, 2.24) is 10.6 Å². The minimum atomic E-state index is -0.339. The van der Waals surface area contributed by atoms with Crippen LogP contribution < -0.4 is 10.6 Å². The minimum Gasteiger partial charge on any atom is -0.457 e. The van der Waals surface area contributed by atoms with Crippen molar-refractivity contribution < 1.29 is 14.0 Å². The van der Waals surface area contributed by atoms with Crippen LogP contribution in [0.3, 0.4) is 0 Å². The summed E-state index contributed by atoms with van der Waals surface area (Å²) in [6.07, 6.45) is 2.93. The Balaban J connectivity index is 1.88. The van der Waals surface area contributed by atoms with E-state index in [1.807, 2.05) is 44.2 Å². The predicted octanol–water partition coefficient (Wildman–Crippen LogP) is 2.09. The molecular formula is C16H18N2O3. The molecule has 0 atom stereocenters. The Morgan fingerprint density at radius 1 is 1.29 bits per heavy atom. The van der Waals surface area contributed by atoms with E-state index >= 15 is 0 Å². The highest BCUT2D eigenvalue weighted by atomic mass is 16.3. The number of fused-ring (bicyclic) bond motifs is 1. The second-order valence-corrected chi connectivity index (χ2v) is 4.96. The van der Waals surface area contributed by atoms with Gasteiger partial charge in [-0.2, -0.15) is 0 Å². The zero-order chi connectivity index (χ0) is 15.2. The lowest BCUT2D eigenvalue weighted by Crippen LogP contribution is -2.39. The van der Waals surface area contributed by atoms with Gasteiger partial charge in [-0.3, -0.25) is 9.59 Å². The summed E-state index contributed by atoms with van der Waals surface area (Å²) in [6.45, 7) is 3.68. The van der Waals surface area contributed by atoms with E-state index in [1.54, 1.807) is 6.08 Å². The SMILES string of the molecule is CC(C)NC(=O)CNC(=O)/C=C/c1cc2ccccc2o1. The van der Waals surface area contributed by atoms with Crippen molar-refractivity contribution in [3.05, 3.63) is 42.2 Å². The lowest BCUT2D eigenvalue weighted by molar-refractivity contribution is -0.124. The molecule has 0 spiro atoms. The van der Waals surface area contributed by atoms with Crippen molar-refractivity contribution >= 4 is 28.9 Å². The van der Waals surface area contributed by atoms with E-state index in [9.17, 15) is 9.59 Å². The maximum atomic E-state index is 11.6. The molecule has 0 fully saturated rings. The van der Waals surface area contributed by atoms with Gasteiger partial charge in [-0.25, -0.2) is 0 Å². The van der Waals surface area contributed by atoms with E-state index in [-0.39, 0.29) is 24.4 Å². The third kappa shape index (κ3) is 4.49. The number of carbonyl (C=O) groups is 2. The largest absolute Gasteiger partial charge is 0.457 e. The van der Waals surface area contributed by atoms with Crippen LogP contribution in [0.25, 0.3) is 17.0 Å². The van der Waals surface area contributed by atoms with Crippen molar-refractivity contribution in [2.24, 2.45) is 0 Å². The molecule has 5 heteroatoms. The highest BCUT2D eigenvalue weighted by molar-refractivity contribution is 5.94. The van der Waals surface area contributed by atoms with Gasteiger partial charge in [0.25, 0.3) is 0 Å². The Kier molecular flexibility index (Phi) is 4.77. The molecule has 0 bridgehead atoms. The van der Waals surface area contributed by atoms with E-state index in [2.05, 4.69) is 10.6 Å². The van der Waals surface area contributed by atoms with Crippen LogP contribution in [0.15, 0.2) is 40.8 Å². The third-order valence-electron chi connectivity index (χ3n) is 2.72. The zero-order valence-corrected chi connectivity index (χ0v) is 12.1. The van der Waals surface area contributed by atoms with Crippen LogP contribution in [0, 0.1) is 0 Å². The molecule has 2 N–H and O–H groups in total. The standard InChI is InChI=1S/C16H18N2O3/c1-11(2)18-16(20)10-17-15(19)8-7-13-9-12-5-3-4-6-14(12)21-13/h3-9,11H,10H2,1-2H3,(H,17,19)(H,18,20)/b8-7+. The van der Waals surface area contributed by atoms with E-state index in [4.69, 9.17) is 4.42 Å². The first-order valence-electron chi connectivity index (χ1n) is 6.78. The predicted molar refractivity (Wildman–Crippen MR) is 81.5 cm³/mol. The fourth-order valence-corrected chi connectivity index (χ4v) is 1.84. The molecule has 2 amide bonds. The quantitative estimate of drug-likeness (QED) is 0.827. The molecule has 1 aromatic heterocycles. The number of benzene rings is 1. The number of hydrogen-bond donors (Lipinski definition) is 2. The molecular weight excluding hydrogens is 268 g/mol. The maximum absolute atomic E-state index is 11.6. The second-order valence-electron chi connectivity index (χ2n) is 4.96. The van der Waals surface area contributed by atoms with Crippen LogP contribution >= 0.6 is 0 Å². The molecule has 0 aliphatic carbocycles. The monoisotopic (exact) mass is 286 g/mol. The molecule has 0 aliphatic heterocycles. The van der Waals surface area contributed by atoms with Crippen LogP contribution in [0.2, 0.25) is 0 Å². The van der Waals surface area contributed by atoms with Gasteiger partial charge in [-0.05, 0) is 32.1 Å². The molecule has 21 heavy (non-hydrogen) atoms. The van der Waals surface area contributed by atoms with Crippen LogP contribution in [0.4, 0.5) is 0 Å². The summed E-state index contributed by atoms with van der Waals surface area (Å²) in [6, 6.07) is 9.52. The molecule has 2 rings (SSSR count). The number of para-hydroxylation sites is 1. The van der Waals surface area contributed by atoms with Gasteiger partial charge < -0.3 is 15.1 Å². The molecule has 1 aromatic carbocycles. The van der Waals surface area contributed by atoms with E-state index in [1.165, 1.54) is 6.08 Å². The minimum absolute atomic E-state index is 0.0402. The maximum Gasteiger partial charge on any atom is 0.244 e.